The van der Waals surface area contributed by atoms with Crippen molar-refractivity contribution in [1.82, 2.24) is 5.01 Å². The number of hydrazone groups is 1. The van der Waals surface area contributed by atoms with E-state index in [9.17, 15) is 18.7 Å². The number of para-hydroxylation sites is 1. The maximum atomic E-state index is 14.4. The van der Waals surface area contributed by atoms with E-state index in [-0.39, 0.29) is 29.0 Å². The molecule has 4 rings (SSSR count). The number of fused-ring (bicyclic) bond motifs is 2. The number of nitrogens with one attached hydrogen (secondary N) is 1. The second-order valence-corrected chi connectivity index (χ2v) is 8.01. The summed E-state index contributed by atoms with van der Waals surface area (Å²) in [7, 11) is 0. The highest BCUT2D eigenvalue weighted by Gasteiger charge is 2.55. The summed E-state index contributed by atoms with van der Waals surface area (Å²) >= 11 is 1.23. The summed E-state index contributed by atoms with van der Waals surface area (Å²) in [5.41, 5.74) is 1.70. The van der Waals surface area contributed by atoms with E-state index in [2.05, 4.69) is 10.4 Å². The van der Waals surface area contributed by atoms with E-state index >= 15 is 0 Å². The van der Waals surface area contributed by atoms with Crippen molar-refractivity contribution in [3.63, 3.8) is 0 Å². The largest absolute Gasteiger partial charge is 0.396 e. The van der Waals surface area contributed by atoms with Crippen LogP contribution >= 0.6 is 11.8 Å². The molecule has 1 spiro atoms. The predicted octanol–water partition coefficient (Wildman–Crippen LogP) is 3.50. The van der Waals surface area contributed by atoms with E-state index < -0.39 is 16.5 Å². The van der Waals surface area contributed by atoms with Gasteiger partial charge in [-0.2, -0.15) is 5.10 Å². The van der Waals surface area contributed by atoms with Crippen LogP contribution in [0, 0.1) is 17.6 Å². The number of carbonyl (C=O) groups is 1. The second-order valence-electron chi connectivity index (χ2n) is 6.79. The van der Waals surface area contributed by atoms with Gasteiger partial charge in [-0.3, -0.25) is 4.79 Å². The van der Waals surface area contributed by atoms with Crippen molar-refractivity contribution < 1.29 is 18.7 Å². The van der Waals surface area contributed by atoms with Gasteiger partial charge in [-0.15, -0.1) is 0 Å². The fraction of sp³-hybridized carbons (Fsp3) is 0.300. The van der Waals surface area contributed by atoms with Gasteiger partial charge >= 0.3 is 0 Å². The summed E-state index contributed by atoms with van der Waals surface area (Å²) in [6, 6.07) is 10.7. The van der Waals surface area contributed by atoms with E-state index in [4.69, 9.17) is 0 Å². The fourth-order valence-electron chi connectivity index (χ4n) is 3.87. The second kappa shape index (κ2) is 7.18. The van der Waals surface area contributed by atoms with Crippen molar-refractivity contribution in [2.75, 3.05) is 18.5 Å². The molecule has 2 heterocycles. The Bertz CT molecular complexity index is 968. The number of aliphatic hydroxyl groups excluding tert-OH is 1. The van der Waals surface area contributed by atoms with Gasteiger partial charge < -0.3 is 10.4 Å². The smallest absolute Gasteiger partial charge is 0.241 e. The first-order valence-electron chi connectivity index (χ1n) is 8.95. The predicted molar refractivity (Wildman–Crippen MR) is 105 cm³/mol. The first-order chi connectivity index (χ1) is 13.5. The van der Waals surface area contributed by atoms with Gasteiger partial charge in [0.1, 0.15) is 21.5 Å². The van der Waals surface area contributed by atoms with Gasteiger partial charge in [0, 0.05) is 42.8 Å². The Labute approximate surface area is 165 Å². The number of rotatable bonds is 3. The van der Waals surface area contributed by atoms with Crippen LogP contribution in [0.5, 0.6) is 0 Å². The van der Waals surface area contributed by atoms with Crippen molar-refractivity contribution >= 4 is 28.4 Å². The van der Waals surface area contributed by atoms with Gasteiger partial charge in [-0.1, -0.05) is 30.0 Å². The summed E-state index contributed by atoms with van der Waals surface area (Å²) in [6.45, 7) is 1.85. The molecule has 146 valence electrons. The number of benzene rings is 2. The van der Waals surface area contributed by atoms with Crippen LogP contribution in [0.15, 0.2) is 47.6 Å². The highest BCUT2D eigenvalue weighted by molar-refractivity contribution is 8.15. The minimum absolute atomic E-state index is 0.0203. The zero-order chi connectivity index (χ0) is 19.9. The van der Waals surface area contributed by atoms with Crippen molar-refractivity contribution in [3.05, 3.63) is 65.2 Å². The van der Waals surface area contributed by atoms with Gasteiger partial charge in [0.05, 0.1) is 0 Å². The van der Waals surface area contributed by atoms with Crippen LogP contribution in [0.3, 0.4) is 0 Å². The molecule has 0 fully saturated rings. The monoisotopic (exact) mass is 403 g/mol. The van der Waals surface area contributed by atoms with Crippen molar-refractivity contribution in [2.45, 2.75) is 18.2 Å². The molecule has 28 heavy (non-hydrogen) atoms. The molecule has 0 saturated carbocycles. The lowest BCUT2D eigenvalue weighted by Gasteiger charge is -2.45. The number of hydrogen-bond acceptors (Lipinski definition) is 5. The highest BCUT2D eigenvalue weighted by Crippen LogP contribution is 2.56. The molecule has 2 aliphatic heterocycles. The van der Waals surface area contributed by atoms with Gasteiger partial charge in [0.25, 0.3) is 0 Å². The highest BCUT2D eigenvalue weighted by atomic mass is 32.2. The van der Waals surface area contributed by atoms with E-state index in [0.29, 0.717) is 13.0 Å². The third-order valence-corrected chi connectivity index (χ3v) is 6.63. The lowest BCUT2D eigenvalue weighted by atomic mass is 9.84. The maximum absolute atomic E-state index is 14.4. The summed E-state index contributed by atoms with van der Waals surface area (Å²) in [4.78, 5) is 11.6. The van der Waals surface area contributed by atoms with Gasteiger partial charge in [-0.05, 0) is 30.7 Å². The fourth-order valence-corrected chi connectivity index (χ4v) is 5.47. The Morgan fingerprint density at radius 2 is 2.14 bits per heavy atom. The van der Waals surface area contributed by atoms with E-state index in [0.717, 1.165) is 29.4 Å². The van der Waals surface area contributed by atoms with Crippen LogP contribution in [0.4, 0.5) is 14.5 Å². The first kappa shape index (κ1) is 18.9. The minimum atomic E-state index is -0.940. The molecule has 2 aliphatic rings. The number of halogens is 2. The summed E-state index contributed by atoms with van der Waals surface area (Å²) < 4.78 is 28.2. The number of aliphatic hydroxyl groups is 1. The molecule has 0 radical (unpaired) electrons. The van der Waals surface area contributed by atoms with Gasteiger partial charge in [0.2, 0.25) is 5.91 Å². The third kappa shape index (κ3) is 2.87. The molecular formula is C20H19F2N3O2S. The Hall–Kier alpha value is -2.45. The van der Waals surface area contributed by atoms with Crippen LogP contribution in [-0.2, 0) is 9.67 Å². The van der Waals surface area contributed by atoms with Crippen LogP contribution in [0.2, 0.25) is 0 Å². The Morgan fingerprint density at radius 3 is 2.89 bits per heavy atom. The number of amides is 1. The molecule has 0 aromatic heterocycles. The SMILES string of the molecule is CC(=O)N1N=C(c2cc(F)ccc2F)S[C@]12c1ccccc1NC[C@@H]2CCO. The first-order valence-corrected chi connectivity index (χ1v) is 9.77. The number of anilines is 1. The molecule has 2 atom stereocenters. The number of nitrogens with zero attached hydrogens (tertiary/aromatic N) is 2. The molecule has 0 unspecified atom stereocenters. The topological polar surface area (TPSA) is 64.9 Å². The average molecular weight is 403 g/mol. The van der Waals surface area contributed by atoms with Crippen molar-refractivity contribution in [2.24, 2.45) is 11.0 Å². The number of hydrogen-bond donors (Lipinski definition) is 2. The summed E-state index contributed by atoms with van der Waals surface area (Å²) in [5, 5.41) is 19.0. The zero-order valence-electron chi connectivity index (χ0n) is 15.2. The molecule has 2 N–H and O–H groups in total. The molecule has 0 bridgehead atoms. The van der Waals surface area contributed by atoms with Crippen molar-refractivity contribution in [1.29, 1.82) is 0 Å². The Morgan fingerprint density at radius 1 is 1.36 bits per heavy atom. The van der Waals surface area contributed by atoms with E-state index in [1.807, 2.05) is 24.3 Å². The summed E-state index contributed by atoms with van der Waals surface area (Å²) in [5.74, 6) is -1.67. The van der Waals surface area contributed by atoms with Gasteiger partial charge in [-0.25, -0.2) is 13.8 Å². The van der Waals surface area contributed by atoms with Crippen molar-refractivity contribution in [3.8, 4) is 0 Å². The molecule has 8 heteroatoms. The third-order valence-electron chi connectivity index (χ3n) is 5.10. The molecular weight excluding hydrogens is 384 g/mol. The van der Waals surface area contributed by atoms with E-state index in [1.54, 1.807) is 0 Å². The summed E-state index contributed by atoms with van der Waals surface area (Å²) in [6.07, 6.45) is 0.423. The number of thioether (sulfide) groups is 1. The Balaban J connectivity index is 1.89. The molecule has 0 saturated heterocycles. The minimum Gasteiger partial charge on any atom is -0.396 e. The quantitative estimate of drug-likeness (QED) is 0.823. The van der Waals surface area contributed by atoms with Crippen LogP contribution < -0.4 is 5.32 Å². The van der Waals surface area contributed by atoms with Crippen LogP contribution in [0.1, 0.15) is 24.5 Å². The van der Waals surface area contributed by atoms with E-state index in [1.165, 1.54) is 23.7 Å². The molecule has 2 aromatic carbocycles. The molecule has 0 aliphatic carbocycles. The Kier molecular flexibility index (Phi) is 4.84. The average Bonchev–Trinajstić information content (AvgIpc) is 3.08. The lowest BCUT2D eigenvalue weighted by molar-refractivity contribution is -0.133. The number of carbonyl (C=O) groups excluding carboxylic acids is 1. The van der Waals surface area contributed by atoms with Gasteiger partial charge in [0.15, 0.2) is 0 Å². The zero-order valence-corrected chi connectivity index (χ0v) is 16.0. The molecule has 1 amide bonds. The lowest BCUT2D eigenvalue weighted by Crippen LogP contribution is -2.51. The van der Waals surface area contributed by atoms with Crippen LogP contribution in [0.25, 0.3) is 0 Å². The molecule has 5 nitrogen and oxygen atoms in total. The maximum Gasteiger partial charge on any atom is 0.241 e. The standard InChI is InChI=1S/C20H19F2N3O2S/c1-12(27)25-20(28-19(24-25)15-10-14(21)6-7-17(15)22)13(8-9-26)11-23-18-5-3-2-4-16(18)20/h2-7,10,13,23,26H,8-9,11H2,1H3/t13-,20+/m0/s1. The van der Waals surface area contributed by atoms with Crippen LogP contribution in [-0.4, -0.2) is 34.2 Å². The molecule has 2 aromatic rings. The normalized spacial score (nSPS) is 23.4.